The quantitative estimate of drug-likeness (QED) is 0.498. The molecule has 0 aliphatic carbocycles. The lowest BCUT2D eigenvalue weighted by molar-refractivity contribution is 0.101. The fourth-order valence-corrected chi connectivity index (χ4v) is 3.45. The van der Waals surface area contributed by atoms with Crippen molar-refractivity contribution >= 4 is 16.8 Å². The highest BCUT2D eigenvalue weighted by Crippen LogP contribution is 2.22. The smallest absolute Gasteiger partial charge is 0.159 e. The molecule has 0 unspecified atom stereocenters. The van der Waals surface area contributed by atoms with Gasteiger partial charge in [-0.2, -0.15) is 5.26 Å². The van der Waals surface area contributed by atoms with Crippen LogP contribution in [0, 0.1) is 11.3 Å². The van der Waals surface area contributed by atoms with Crippen molar-refractivity contribution in [2.24, 2.45) is 0 Å². The molecule has 6 nitrogen and oxygen atoms in total. The second-order valence-electron chi connectivity index (χ2n) is 6.60. The first-order chi connectivity index (χ1) is 13.6. The van der Waals surface area contributed by atoms with E-state index in [9.17, 15) is 4.79 Å². The highest BCUT2D eigenvalue weighted by atomic mass is 16.1. The summed E-state index contributed by atoms with van der Waals surface area (Å²) in [5.74, 6) is 1.72. The van der Waals surface area contributed by atoms with E-state index in [0.29, 0.717) is 17.7 Å². The molecule has 0 bridgehead atoms. The van der Waals surface area contributed by atoms with Crippen LogP contribution in [0.25, 0.3) is 22.4 Å². The molecule has 28 heavy (non-hydrogen) atoms. The van der Waals surface area contributed by atoms with E-state index in [4.69, 9.17) is 10.2 Å². The standard InChI is InChI=1S/C22H19N5O/c1-3-27-20-8-7-17(15(2)28)12-19(20)25-21(27)14-26-10-9-24-22(26)18-6-4-5-16(11-18)13-23/h4-12H,3,14H2,1-2H3. The van der Waals surface area contributed by atoms with E-state index in [0.717, 1.165) is 34.8 Å². The second-order valence-corrected chi connectivity index (χ2v) is 6.60. The first kappa shape index (κ1) is 17.7. The second kappa shape index (κ2) is 7.12. The number of aromatic nitrogens is 4. The third-order valence-electron chi connectivity index (χ3n) is 4.83. The number of hydrogen-bond donors (Lipinski definition) is 0. The maximum absolute atomic E-state index is 11.7. The molecule has 0 saturated heterocycles. The Hall–Kier alpha value is -3.72. The van der Waals surface area contributed by atoms with Gasteiger partial charge in [0.05, 0.1) is 29.2 Å². The molecule has 0 spiro atoms. The van der Waals surface area contributed by atoms with Crippen LogP contribution >= 0.6 is 0 Å². The van der Waals surface area contributed by atoms with Crippen LogP contribution in [-0.4, -0.2) is 24.9 Å². The summed E-state index contributed by atoms with van der Waals surface area (Å²) in [5.41, 5.74) is 3.98. The number of aryl methyl sites for hydroxylation is 1. The molecule has 0 amide bonds. The highest BCUT2D eigenvalue weighted by molar-refractivity contribution is 5.97. The molecule has 4 aromatic rings. The molecule has 2 aromatic carbocycles. The topological polar surface area (TPSA) is 76.5 Å². The van der Waals surface area contributed by atoms with E-state index in [-0.39, 0.29) is 5.78 Å². The van der Waals surface area contributed by atoms with Gasteiger partial charge < -0.3 is 9.13 Å². The normalized spacial score (nSPS) is 10.9. The molecule has 138 valence electrons. The summed E-state index contributed by atoms with van der Waals surface area (Å²) in [5, 5.41) is 9.16. The minimum atomic E-state index is 0.0313. The molecule has 4 rings (SSSR count). The van der Waals surface area contributed by atoms with Gasteiger partial charge in [0, 0.05) is 30.1 Å². The largest absolute Gasteiger partial charge is 0.327 e. The van der Waals surface area contributed by atoms with E-state index in [1.54, 1.807) is 19.2 Å². The van der Waals surface area contributed by atoms with Crippen molar-refractivity contribution in [1.29, 1.82) is 5.26 Å². The van der Waals surface area contributed by atoms with Crippen LogP contribution in [0.2, 0.25) is 0 Å². The van der Waals surface area contributed by atoms with E-state index in [1.807, 2.05) is 47.2 Å². The summed E-state index contributed by atoms with van der Waals surface area (Å²) in [6.45, 7) is 4.96. The van der Waals surface area contributed by atoms with Gasteiger partial charge in [0.2, 0.25) is 0 Å². The number of imidazole rings is 2. The van der Waals surface area contributed by atoms with Crippen molar-refractivity contribution in [1.82, 2.24) is 19.1 Å². The average molecular weight is 369 g/mol. The number of Topliss-reactive ketones (excluding diaryl/α,β-unsaturated/α-hetero) is 1. The lowest BCUT2D eigenvalue weighted by atomic mass is 10.1. The zero-order chi connectivity index (χ0) is 19.7. The third kappa shape index (κ3) is 3.08. The Labute approximate surface area is 162 Å². The van der Waals surface area contributed by atoms with Crippen molar-refractivity contribution < 1.29 is 4.79 Å². The molecule has 0 atom stereocenters. The maximum atomic E-state index is 11.7. The van der Waals surface area contributed by atoms with Crippen molar-refractivity contribution in [3.05, 3.63) is 71.8 Å². The van der Waals surface area contributed by atoms with Crippen LogP contribution in [0.3, 0.4) is 0 Å². The van der Waals surface area contributed by atoms with Crippen LogP contribution in [0.5, 0.6) is 0 Å². The minimum Gasteiger partial charge on any atom is -0.327 e. The number of hydrogen-bond acceptors (Lipinski definition) is 4. The van der Waals surface area contributed by atoms with E-state index >= 15 is 0 Å². The third-order valence-corrected chi connectivity index (χ3v) is 4.83. The Morgan fingerprint density at radius 1 is 1.21 bits per heavy atom. The molecule has 0 fully saturated rings. The molecule has 0 aliphatic rings. The number of rotatable bonds is 5. The summed E-state index contributed by atoms with van der Waals surface area (Å²) in [7, 11) is 0. The molecular formula is C22H19N5O. The van der Waals surface area contributed by atoms with Gasteiger partial charge in [0.15, 0.2) is 5.78 Å². The highest BCUT2D eigenvalue weighted by Gasteiger charge is 2.14. The van der Waals surface area contributed by atoms with Crippen molar-refractivity contribution in [3.63, 3.8) is 0 Å². The molecule has 6 heteroatoms. The fraction of sp³-hybridized carbons (Fsp3) is 0.182. The molecule has 0 aliphatic heterocycles. The molecule has 0 saturated carbocycles. The average Bonchev–Trinajstić information content (AvgIpc) is 3.31. The van der Waals surface area contributed by atoms with Gasteiger partial charge in [-0.25, -0.2) is 9.97 Å². The van der Waals surface area contributed by atoms with Crippen LogP contribution in [0.1, 0.15) is 35.6 Å². The number of nitriles is 1. The van der Waals surface area contributed by atoms with Gasteiger partial charge >= 0.3 is 0 Å². The molecule has 2 aromatic heterocycles. The van der Waals surface area contributed by atoms with Gasteiger partial charge in [-0.1, -0.05) is 12.1 Å². The van der Waals surface area contributed by atoms with E-state index < -0.39 is 0 Å². The van der Waals surface area contributed by atoms with Crippen molar-refractivity contribution in [3.8, 4) is 17.5 Å². The first-order valence-electron chi connectivity index (χ1n) is 9.12. The SMILES string of the molecule is CCn1c(Cn2ccnc2-c2cccc(C#N)c2)nc2cc(C(C)=O)ccc21. The Morgan fingerprint density at radius 2 is 2.07 bits per heavy atom. The summed E-state index contributed by atoms with van der Waals surface area (Å²) >= 11 is 0. The minimum absolute atomic E-state index is 0.0313. The fourth-order valence-electron chi connectivity index (χ4n) is 3.45. The zero-order valence-corrected chi connectivity index (χ0v) is 15.8. The zero-order valence-electron chi connectivity index (χ0n) is 15.8. The lowest BCUT2D eigenvalue weighted by Gasteiger charge is -2.10. The van der Waals surface area contributed by atoms with Gasteiger partial charge in [0.25, 0.3) is 0 Å². The summed E-state index contributed by atoms with van der Waals surface area (Å²) in [6, 6.07) is 15.2. The summed E-state index contributed by atoms with van der Waals surface area (Å²) < 4.78 is 4.17. The van der Waals surface area contributed by atoms with Crippen LogP contribution in [-0.2, 0) is 13.1 Å². The van der Waals surface area contributed by atoms with Gasteiger partial charge in [-0.15, -0.1) is 0 Å². The van der Waals surface area contributed by atoms with Crippen LogP contribution < -0.4 is 0 Å². The van der Waals surface area contributed by atoms with Crippen LogP contribution in [0.15, 0.2) is 54.9 Å². The van der Waals surface area contributed by atoms with Gasteiger partial charge in [0.1, 0.15) is 11.6 Å². The predicted octanol–water partition coefficient (Wildman–Crippen LogP) is 4.04. The summed E-state index contributed by atoms with van der Waals surface area (Å²) in [6.07, 6.45) is 3.66. The number of nitrogens with zero attached hydrogens (tertiary/aromatic N) is 5. The number of ketones is 1. The maximum Gasteiger partial charge on any atom is 0.159 e. The molecule has 0 radical (unpaired) electrons. The van der Waals surface area contributed by atoms with Gasteiger partial charge in [-0.05, 0) is 44.2 Å². The molecular weight excluding hydrogens is 350 g/mol. The van der Waals surface area contributed by atoms with Crippen molar-refractivity contribution in [2.45, 2.75) is 26.9 Å². The molecule has 2 heterocycles. The van der Waals surface area contributed by atoms with Crippen LogP contribution in [0.4, 0.5) is 0 Å². The number of carbonyl (C=O) groups excluding carboxylic acids is 1. The summed E-state index contributed by atoms with van der Waals surface area (Å²) in [4.78, 5) is 20.9. The predicted molar refractivity (Wildman–Crippen MR) is 107 cm³/mol. The Bertz CT molecular complexity index is 1230. The monoisotopic (exact) mass is 369 g/mol. The lowest BCUT2D eigenvalue weighted by Crippen LogP contribution is -2.08. The Balaban J connectivity index is 1.76. The Kier molecular flexibility index (Phi) is 4.50. The number of carbonyl (C=O) groups is 1. The van der Waals surface area contributed by atoms with E-state index in [2.05, 4.69) is 22.5 Å². The number of benzene rings is 2. The van der Waals surface area contributed by atoms with E-state index in [1.165, 1.54) is 0 Å². The van der Waals surface area contributed by atoms with Gasteiger partial charge in [-0.3, -0.25) is 4.79 Å². The first-order valence-corrected chi connectivity index (χ1v) is 9.12. The Morgan fingerprint density at radius 3 is 2.82 bits per heavy atom. The molecule has 0 N–H and O–H groups in total. The van der Waals surface area contributed by atoms with Crippen molar-refractivity contribution in [2.75, 3.05) is 0 Å². The number of fused-ring (bicyclic) bond motifs is 1.